The number of hydrogen-bond acceptors (Lipinski definition) is 3. The first-order valence-electron chi connectivity index (χ1n) is 9.14. The molecule has 4 heteroatoms. The van der Waals surface area contributed by atoms with Crippen LogP contribution in [0.2, 0.25) is 0 Å². The van der Waals surface area contributed by atoms with Gasteiger partial charge in [0.2, 0.25) is 0 Å². The minimum absolute atomic E-state index is 0.211. The molecule has 3 heterocycles. The molecule has 0 spiro atoms. The summed E-state index contributed by atoms with van der Waals surface area (Å²) in [4.78, 5) is 24.1. The number of carbonyl (C=O) groups excluding carboxylic acids is 1. The van der Waals surface area contributed by atoms with E-state index in [0.717, 1.165) is 45.5 Å². The molecule has 2 aromatic heterocycles. The summed E-state index contributed by atoms with van der Waals surface area (Å²) in [5.41, 5.74) is 4.80. The van der Waals surface area contributed by atoms with Crippen LogP contribution in [-0.2, 0) is 13.0 Å². The lowest BCUT2D eigenvalue weighted by atomic mass is 9.97. The minimum Gasteiger partial charge on any atom is -0.454 e. The number of para-hydroxylation sites is 1. The molecule has 0 fully saturated rings. The first kappa shape index (κ1) is 17.3. The van der Waals surface area contributed by atoms with Crippen LogP contribution >= 0.6 is 0 Å². The molecule has 1 aliphatic rings. The van der Waals surface area contributed by atoms with Crippen molar-refractivity contribution < 1.29 is 9.21 Å². The van der Waals surface area contributed by atoms with Crippen molar-refractivity contribution in [3.8, 4) is 11.5 Å². The molecule has 1 aliphatic heterocycles. The zero-order valence-corrected chi connectivity index (χ0v) is 15.7. The van der Waals surface area contributed by atoms with Gasteiger partial charge >= 0.3 is 0 Å². The summed E-state index contributed by atoms with van der Waals surface area (Å²) >= 11 is 0. The molecule has 0 unspecified atom stereocenters. The number of aryl methyl sites for hydroxylation is 2. The lowest BCUT2D eigenvalue weighted by Gasteiger charge is -2.18. The van der Waals surface area contributed by atoms with E-state index in [0.29, 0.717) is 6.54 Å². The van der Waals surface area contributed by atoms with Gasteiger partial charge in [0.25, 0.3) is 0 Å². The maximum absolute atomic E-state index is 12.4. The first-order valence-corrected chi connectivity index (χ1v) is 9.14. The lowest BCUT2D eigenvalue weighted by Crippen LogP contribution is -2.20. The molecular weight excluding hydrogens is 338 g/mol. The number of fused-ring (bicyclic) bond motifs is 5. The van der Waals surface area contributed by atoms with E-state index in [1.165, 1.54) is 13.0 Å². The second kappa shape index (κ2) is 6.54. The van der Waals surface area contributed by atoms with Gasteiger partial charge in [0.15, 0.2) is 17.0 Å². The van der Waals surface area contributed by atoms with Crippen molar-refractivity contribution in [3.63, 3.8) is 0 Å². The van der Waals surface area contributed by atoms with Gasteiger partial charge in [-0.05, 0) is 32.8 Å². The van der Waals surface area contributed by atoms with Gasteiger partial charge in [-0.2, -0.15) is 0 Å². The normalized spacial score (nSPS) is 13.8. The summed E-state index contributed by atoms with van der Waals surface area (Å²) in [6.45, 7) is 6.14. The highest BCUT2D eigenvalue weighted by Crippen LogP contribution is 2.39. The summed E-state index contributed by atoms with van der Waals surface area (Å²) in [6, 6.07) is 7.70. The number of nitrogens with zero attached hydrogens (tertiary/aromatic N) is 1. The molecule has 4 nitrogen and oxygen atoms in total. The van der Waals surface area contributed by atoms with Gasteiger partial charge in [-0.3, -0.25) is 9.59 Å². The zero-order chi connectivity index (χ0) is 19.1. The van der Waals surface area contributed by atoms with Crippen LogP contribution in [0, 0.1) is 0 Å². The molecule has 0 bridgehead atoms. The van der Waals surface area contributed by atoms with E-state index < -0.39 is 0 Å². The summed E-state index contributed by atoms with van der Waals surface area (Å²) in [6.07, 6.45) is 8.60. The van der Waals surface area contributed by atoms with E-state index in [2.05, 4.69) is 24.3 Å². The average molecular weight is 359 g/mol. The third kappa shape index (κ3) is 2.69. The Kier molecular flexibility index (Phi) is 4.19. The molecule has 0 N–H and O–H groups in total. The maximum Gasteiger partial charge on any atom is 0.193 e. The molecule has 136 valence electrons. The number of Topliss-reactive ketones (excluding diaryl/α,β-unsaturated/α-hetero) is 1. The summed E-state index contributed by atoms with van der Waals surface area (Å²) < 4.78 is 8.26. The topological polar surface area (TPSA) is 52.2 Å². The molecule has 0 saturated heterocycles. The highest BCUT2D eigenvalue weighted by Gasteiger charge is 2.25. The standard InChI is InChI=1S/C23H21NO3/c1-4-7-15(5-2)16-8-6-9-17-18-10-11-24-13-19(14(3)25)21(26)12-20(24)23(18)27-22(16)17/h4-9,12-13H,10-11H2,1-3H3/b7-4-,15-5+. The fraction of sp³-hybridized carbons (Fsp3) is 0.217. The van der Waals surface area contributed by atoms with Crippen LogP contribution in [-0.4, -0.2) is 10.4 Å². The number of hydrogen-bond donors (Lipinski definition) is 0. The van der Waals surface area contributed by atoms with Crippen molar-refractivity contribution in [3.05, 3.63) is 75.6 Å². The number of benzene rings is 1. The smallest absolute Gasteiger partial charge is 0.193 e. The molecule has 0 radical (unpaired) electrons. The highest BCUT2D eigenvalue weighted by atomic mass is 16.3. The Morgan fingerprint density at radius 2 is 2.04 bits per heavy atom. The molecule has 4 rings (SSSR count). The van der Waals surface area contributed by atoms with E-state index in [1.54, 1.807) is 6.20 Å². The predicted octanol–water partition coefficient (Wildman–Crippen LogP) is 5.00. The Morgan fingerprint density at radius 3 is 2.74 bits per heavy atom. The Hall–Kier alpha value is -3.14. The highest BCUT2D eigenvalue weighted by molar-refractivity contribution is 5.98. The number of ketones is 1. The van der Waals surface area contributed by atoms with Crippen molar-refractivity contribution in [1.82, 2.24) is 4.57 Å². The molecule has 0 saturated carbocycles. The number of allylic oxidation sites excluding steroid dienone is 4. The van der Waals surface area contributed by atoms with Crippen molar-refractivity contribution in [2.75, 3.05) is 0 Å². The van der Waals surface area contributed by atoms with Gasteiger partial charge in [0.05, 0.1) is 11.3 Å². The number of rotatable bonds is 3. The van der Waals surface area contributed by atoms with Gasteiger partial charge in [-0.1, -0.05) is 36.4 Å². The Labute approximate surface area is 157 Å². The van der Waals surface area contributed by atoms with E-state index in [-0.39, 0.29) is 16.8 Å². The number of furan rings is 1. The zero-order valence-electron chi connectivity index (χ0n) is 15.7. The fourth-order valence-electron chi connectivity index (χ4n) is 3.83. The van der Waals surface area contributed by atoms with Crippen LogP contribution in [0.5, 0.6) is 0 Å². The molecular formula is C23H21NO3. The van der Waals surface area contributed by atoms with Crippen molar-refractivity contribution in [2.45, 2.75) is 33.7 Å². The SMILES string of the molecule is C/C=C\C(=C/C)c1cccc2c3c(oc12)-c1cc(=O)c(C(C)=O)cn1CC3. The van der Waals surface area contributed by atoms with Gasteiger partial charge in [-0.15, -0.1) is 0 Å². The number of pyridine rings is 1. The Bertz CT molecular complexity index is 1190. The van der Waals surface area contributed by atoms with E-state index >= 15 is 0 Å². The van der Waals surface area contributed by atoms with Crippen LogP contribution in [0.15, 0.2) is 57.9 Å². The molecule has 0 aliphatic carbocycles. The van der Waals surface area contributed by atoms with Crippen LogP contribution < -0.4 is 5.43 Å². The molecule has 3 aromatic rings. The predicted molar refractivity (Wildman–Crippen MR) is 108 cm³/mol. The largest absolute Gasteiger partial charge is 0.454 e. The number of carbonyl (C=O) groups is 1. The molecule has 0 amide bonds. The average Bonchev–Trinajstić information content (AvgIpc) is 3.05. The molecule has 0 atom stereocenters. The fourth-order valence-corrected chi connectivity index (χ4v) is 3.83. The first-order chi connectivity index (χ1) is 13.0. The minimum atomic E-state index is -0.259. The lowest BCUT2D eigenvalue weighted by molar-refractivity contribution is 0.101. The van der Waals surface area contributed by atoms with E-state index in [1.807, 2.05) is 30.6 Å². The second-order valence-electron chi connectivity index (χ2n) is 6.77. The quantitative estimate of drug-likeness (QED) is 0.488. The number of aromatic nitrogens is 1. The van der Waals surface area contributed by atoms with E-state index in [4.69, 9.17) is 4.42 Å². The third-order valence-corrected chi connectivity index (χ3v) is 5.13. The summed E-state index contributed by atoms with van der Waals surface area (Å²) in [7, 11) is 0. The van der Waals surface area contributed by atoms with Crippen LogP contribution in [0.25, 0.3) is 28.0 Å². The van der Waals surface area contributed by atoms with Crippen LogP contribution in [0.1, 0.15) is 42.3 Å². The van der Waals surface area contributed by atoms with E-state index in [9.17, 15) is 9.59 Å². The molecule has 27 heavy (non-hydrogen) atoms. The summed E-state index contributed by atoms with van der Waals surface area (Å²) in [5.74, 6) is 0.517. The van der Waals surface area contributed by atoms with Crippen LogP contribution in [0.3, 0.4) is 0 Å². The second-order valence-corrected chi connectivity index (χ2v) is 6.77. The van der Waals surface area contributed by atoms with Gasteiger partial charge in [-0.25, -0.2) is 0 Å². The Balaban J connectivity index is 1.99. The van der Waals surface area contributed by atoms with Gasteiger partial charge < -0.3 is 8.98 Å². The van der Waals surface area contributed by atoms with Crippen LogP contribution in [0.4, 0.5) is 0 Å². The van der Waals surface area contributed by atoms with Crippen molar-refractivity contribution in [2.24, 2.45) is 0 Å². The van der Waals surface area contributed by atoms with Crippen molar-refractivity contribution in [1.29, 1.82) is 0 Å². The summed E-state index contributed by atoms with van der Waals surface area (Å²) in [5, 5.41) is 1.08. The molecule has 1 aromatic carbocycles. The Morgan fingerprint density at radius 1 is 1.22 bits per heavy atom. The monoisotopic (exact) mass is 359 g/mol. The maximum atomic E-state index is 12.4. The van der Waals surface area contributed by atoms with Gasteiger partial charge in [0.1, 0.15) is 5.58 Å². The third-order valence-electron chi connectivity index (χ3n) is 5.13. The van der Waals surface area contributed by atoms with Gasteiger partial charge in [0, 0.05) is 35.3 Å². The van der Waals surface area contributed by atoms with Crippen molar-refractivity contribution >= 4 is 22.3 Å².